The van der Waals surface area contributed by atoms with Crippen LogP contribution in [0.1, 0.15) is 23.7 Å². The summed E-state index contributed by atoms with van der Waals surface area (Å²) in [5, 5.41) is 9.97. The van der Waals surface area contributed by atoms with Gasteiger partial charge >= 0.3 is 0 Å². The molecule has 20 heavy (non-hydrogen) atoms. The Morgan fingerprint density at radius 1 is 1.15 bits per heavy atom. The number of aliphatic hydroxyl groups excluding tert-OH is 1. The SMILES string of the molecule is NCCC(O)c1cccc(SCc2cccc(Br)c2)c1. The molecule has 0 heterocycles. The van der Waals surface area contributed by atoms with Crippen LogP contribution in [0.3, 0.4) is 0 Å². The van der Waals surface area contributed by atoms with Gasteiger partial charge < -0.3 is 10.8 Å². The summed E-state index contributed by atoms with van der Waals surface area (Å²) in [6.07, 6.45) is 0.131. The minimum Gasteiger partial charge on any atom is -0.388 e. The van der Waals surface area contributed by atoms with Crippen molar-refractivity contribution in [3.63, 3.8) is 0 Å². The smallest absolute Gasteiger partial charge is 0.0802 e. The summed E-state index contributed by atoms with van der Waals surface area (Å²) in [4.78, 5) is 1.17. The van der Waals surface area contributed by atoms with Gasteiger partial charge in [0, 0.05) is 15.1 Å². The van der Waals surface area contributed by atoms with Crippen LogP contribution >= 0.6 is 27.7 Å². The van der Waals surface area contributed by atoms with Gasteiger partial charge in [-0.25, -0.2) is 0 Å². The van der Waals surface area contributed by atoms with Gasteiger partial charge in [0.2, 0.25) is 0 Å². The quantitative estimate of drug-likeness (QED) is 0.769. The van der Waals surface area contributed by atoms with Crippen LogP contribution in [0.2, 0.25) is 0 Å². The first kappa shape index (κ1) is 15.6. The van der Waals surface area contributed by atoms with Crippen molar-refractivity contribution in [2.45, 2.75) is 23.2 Å². The van der Waals surface area contributed by atoms with E-state index in [0.717, 1.165) is 15.8 Å². The van der Waals surface area contributed by atoms with E-state index in [2.05, 4.69) is 34.1 Å². The molecule has 0 fully saturated rings. The van der Waals surface area contributed by atoms with E-state index < -0.39 is 6.10 Å². The molecule has 0 aliphatic heterocycles. The third kappa shape index (κ3) is 4.63. The van der Waals surface area contributed by atoms with E-state index in [1.54, 1.807) is 11.8 Å². The van der Waals surface area contributed by atoms with Crippen LogP contribution in [0.5, 0.6) is 0 Å². The van der Waals surface area contributed by atoms with Crippen molar-refractivity contribution in [2.24, 2.45) is 5.73 Å². The molecule has 4 heteroatoms. The van der Waals surface area contributed by atoms with Crippen molar-refractivity contribution in [2.75, 3.05) is 6.54 Å². The van der Waals surface area contributed by atoms with Crippen LogP contribution in [-0.4, -0.2) is 11.7 Å². The van der Waals surface area contributed by atoms with Gasteiger partial charge in [-0.1, -0.05) is 40.2 Å². The fraction of sp³-hybridized carbons (Fsp3) is 0.250. The zero-order valence-corrected chi connectivity index (χ0v) is 13.5. The monoisotopic (exact) mass is 351 g/mol. The van der Waals surface area contributed by atoms with E-state index in [0.29, 0.717) is 13.0 Å². The lowest BCUT2D eigenvalue weighted by atomic mass is 10.1. The standard InChI is InChI=1S/C16H18BrNOS/c17-14-5-1-3-12(9-14)11-20-15-6-2-4-13(10-15)16(19)7-8-18/h1-6,9-10,16,19H,7-8,11,18H2. The molecule has 0 amide bonds. The lowest BCUT2D eigenvalue weighted by Gasteiger charge is -2.11. The maximum atomic E-state index is 9.97. The highest BCUT2D eigenvalue weighted by Gasteiger charge is 2.07. The lowest BCUT2D eigenvalue weighted by molar-refractivity contribution is 0.170. The minimum atomic E-state index is -0.466. The van der Waals surface area contributed by atoms with Crippen molar-refractivity contribution in [3.8, 4) is 0 Å². The van der Waals surface area contributed by atoms with E-state index in [1.807, 2.05) is 30.3 Å². The number of nitrogens with two attached hydrogens (primary N) is 1. The molecule has 0 aliphatic carbocycles. The fourth-order valence-electron chi connectivity index (χ4n) is 1.93. The van der Waals surface area contributed by atoms with Crippen molar-refractivity contribution in [1.29, 1.82) is 0 Å². The molecule has 2 aromatic carbocycles. The molecule has 3 N–H and O–H groups in total. The normalized spacial score (nSPS) is 12.3. The lowest BCUT2D eigenvalue weighted by Crippen LogP contribution is -2.06. The van der Waals surface area contributed by atoms with Gasteiger partial charge in [0.1, 0.15) is 0 Å². The maximum absolute atomic E-state index is 9.97. The Labute approximate surface area is 132 Å². The van der Waals surface area contributed by atoms with Gasteiger partial charge in [0.15, 0.2) is 0 Å². The topological polar surface area (TPSA) is 46.2 Å². The molecule has 0 aromatic heterocycles. The Kier molecular flexibility index (Phi) is 6.10. The third-order valence-corrected chi connectivity index (χ3v) is 4.54. The molecular weight excluding hydrogens is 334 g/mol. The summed E-state index contributed by atoms with van der Waals surface area (Å²) < 4.78 is 1.10. The third-order valence-electron chi connectivity index (χ3n) is 2.98. The summed E-state index contributed by atoms with van der Waals surface area (Å²) in [5.74, 6) is 0.913. The van der Waals surface area contributed by atoms with Crippen LogP contribution in [0.25, 0.3) is 0 Å². The van der Waals surface area contributed by atoms with Crippen molar-refractivity contribution < 1.29 is 5.11 Å². The first-order valence-electron chi connectivity index (χ1n) is 6.54. The summed E-state index contributed by atoms with van der Waals surface area (Å²) in [6.45, 7) is 0.497. The van der Waals surface area contributed by atoms with Crippen LogP contribution < -0.4 is 5.73 Å². The number of halogens is 1. The first-order chi connectivity index (χ1) is 9.69. The Morgan fingerprint density at radius 2 is 1.95 bits per heavy atom. The second kappa shape index (κ2) is 7.84. The number of hydrogen-bond acceptors (Lipinski definition) is 3. The maximum Gasteiger partial charge on any atom is 0.0802 e. The van der Waals surface area contributed by atoms with Crippen molar-refractivity contribution >= 4 is 27.7 Å². The van der Waals surface area contributed by atoms with Crippen molar-refractivity contribution in [1.82, 2.24) is 0 Å². The highest BCUT2D eigenvalue weighted by Crippen LogP contribution is 2.27. The Morgan fingerprint density at radius 3 is 2.70 bits per heavy atom. The molecule has 0 radical (unpaired) electrons. The van der Waals surface area contributed by atoms with Gasteiger partial charge in [-0.2, -0.15) is 0 Å². The van der Waals surface area contributed by atoms with Crippen molar-refractivity contribution in [3.05, 3.63) is 64.1 Å². The van der Waals surface area contributed by atoms with Gasteiger partial charge in [-0.15, -0.1) is 11.8 Å². The molecule has 0 aliphatic rings. The second-order valence-corrected chi connectivity index (χ2v) is 6.55. The largest absolute Gasteiger partial charge is 0.388 e. The van der Waals surface area contributed by atoms with Crippen LogP contribution in [0.4, 0.5) is 0 Å². The Balaban J connectivity index is 2.01. The van der Waals surface area contributed by atoms with Crippen LogP contribution in [0.15, 0.2) is 57.9 Å². The Hall–Kier alpha value is -0.810. The molecule has 2 nitrogen and oxygen atoms in total. The molecule has 0 bridgehead atoms. The number of hydrogen-bond donors (Lipinski definition) is 2. The fourth-order valence-corrected chi connectivity index (χ4v) is 3.28. The van der Waals surface area contributed by atoms with Gasteiger partial charge in [-0.3, -0.25) is 0 Å². The number of benzene rings is 2. The zero-order valence-electron chi connectivity index (χ0n) is 11.1. The summed E-state index contributed by atoms with van der Waals surface area (Å²) in [5.41, 5.74) is 7.70. The predicted molar refractivity (Wildman–Crippen MR) is 88.8 cm³/mol. The molecule has 0 saturated carbocycles. The highest BCUT2D eigenvalue weighted by atomic mass is 79.9. The molecule has 2 rings (SSSR count). The molecule has 1 unspecified atom stereocenters. The molecular formula is C16H18BrNOS. The second-order valence-electron chi connectivity index (χ2n) is 4.58. The van der Waals surface area contributed by atoms with Crippen LogP contribution in [0, 0.1) is 0 Å². The van der Waals surface area contributed by atoms with E-state index in [4.69, 9.17) is 5.73 Å². The molecule has 0 spiro atoms. The van der Waals surface area contributed by atoms with E-state index in [9.17, 15) is 5.11 Å². The average Bonchev–Trinajstić information content (AvgIpc) is 2.46. The van der Waals surface area contributed by atoms with Gasteiger partial charge in [0.25, 0.3) is 0 Å². The van der Waals surface area contributed by atoms with Crippen LogP contribution in [-0.2, 0) is 5.75 Å². The molecule has 1 atom stereocenters. The molecule has 106 valence electrons. The predicted octanol–water partition coefficient (Wildman–Crippen LogP) is 4.12. The van der Waals surface area contributed by atoms with E-state index >= 15 is 0 Å². The van der Waals surface area contributed by atoms with E-state index in [1.165, 1.54) is 10.5 Å². The number of aliphatic hydroxyl groups is 1. The minimum absolute atomic E-state index is 0.466. The van der Waals surface area contributed by atoms with Gasteiger partial charge in [0.05, 0.1) is 6.10 Å². The Bertz CT molecular complexity index is 562. The summed E-state index contributed by atoms with van der Waals surface area (Å²) in [7, 11) is 0. The molecule has 0 saturated heterocycles. The summed E-state index contributed by atoms with van der Waals surface area (Å²) in [6, 6.07) is 16.4. The zero-order chi connectivity index (χ0) is 14.4. The summed E-state index contributed by atoms with van der Waals surface area (Å²) >= 11 is 5.25. The molecule has 2 aromatic rings. The van der Waals surface area contributed by atoms with E-state index in [-0.39, 0.29) is 0 Å². The average molecular weight is 352 g/mol. The number of rotatable bonds is 6. The first-order valence-corrected chi connectivity index (χ1v) is 8.32. The highest BCUT2D eigenvalue weighted by molar-refractivity contribution is 9.10. The number of thioether (sulfide) groups is 1. The van der Waals surface area contributed by atoms with Gasteiger partial charge in [-0.05, 0) is 48.4 Å².